The smallest absolute Gasteiger partial charge is 0.347 e. The molecule has 140 valence electrons. The Kier molecular flexibility index (Phi) is 5.36. The Morgan fingerprint density at radius 1 is 0.571 bits per heavy atom. The van der Waals surface area contributed by atoms with Gasteiger partial charge in [0.25, 0.3) is 0 Å². The molecule has 0 radical (unpaired) electrons. The Morgan fingerprint density at radius 2 is 0.964 bits per heavy atom. The van der Waals surface area contributed by atoms with Gasteiger partial charge in [0.15, 0.2) is 0 Å². The van der Waals surface area contributed by atoms with Crippen molar-refractivity contribution < 1.29 is 34.1 Å². The molecule has 3 aromatic rings. The number of carboxylic acids is 2. The molecule has 3 rings (SSSR count). The van der Waals surface area contributed by atoms with Crippen LogP contribution in [-0.2, 0) is 0 Å². The first kappa shape index (κ1) is 18.7. The maximum atomic E-state index is 12.6. The fourth-order valence-electron chi connectivity index (χ4n) is 2.46. The van der Waals surface area contributed by atoms with Crippen molar-refractivity contribution in [1.82, 2.24) is 0 Å². The Morgan fingerprint density at radius 3 is 1.50 bits per heavy atom. The van der Waals surface area contributed by atoms with Crippen molar-refractivity contribution in [2.45, 2.75) is 0 Å². The zero-order valence-corrected chi connectivity index (χ0v) is 14.4. The normalized spacial score (nSPS) is 10.1. The van der Waals surface area contributed by atoms with E-state index in [9.17, 15) is 24.6 Å². The van der Waals surface area contributed by atoms with Gasteiger partial charge in [0.2, 0.25) is 0 Å². The van der Waals surface area contributed by atoms with Gasteiger partial charge in [0.05, 0.1) is 0 Å². The van der Waals surface area contributed by atoms with Gasteiger partial charge in [-0.2, -0.15) is 0 Å². The summed E-state index contributed by atoms with van der Waals surface area (Å²) in [6, 6.07) is 17.8. The quantitative estimate of drug-likeness (QED) is 0.491. The predicted molar refractivity (Wildman–Crippen MR) is 98.3 cm³/mol. The van der Waals surface area contributed by atoms with Crippen LogP contribution in [0.3, 0.4) is 0 Å². The molecule has 28 heavy (non-hydrogen) atoms. The molecule has 0 heterocycles. The van der Waals surface area contributed by atoms with Crippen molar-refractivity contribution in [3.8, 4) is 17.2 Å². The largest absolute Gasteiger partial charge is 0.478 e. The third-order valence-corrected chi connectivity index (χ3v) is 3.76. The summed E-state index contributed by atoms with van der Waals surface area (Å²) < 4.78 is 10.9. The number of benzene rings is 3. The first-order valence-corrected chi connectivity index (χ1v) is 8.11. The van der Waals surface area contributed by atoms with E-state index in [1.807, 2.05) is 0 Å². The fraction of sp³-hybridized carbons (Fsp3) is 0. The standard InChI is InChI=1S/C21H14O7/c22-19(23)13-7-1-4-10-16(13)27-18-12-6-3-9-15(18)21(26)28-17-11-5-2-8-14(17)20(24)25/h1-12H,(H,22,23)(H,24,25). The van der Waals surface area contributed by atoms with E-state index in [0.717, 1.165) is 0 Å². The number of rotatable bonds is 6. The average molecular weight is 378 g/mol. The number of carboxylic acid groups (broad SMARTS) is 2. The monoisotopic (exact) mass is 378 g/mol. The van der Waals surface area contributed by atoms with E-state index in [2.05, 4.69) is 0 Å². The van der Waals surface area contributed by atoms with Gasteiger partial charge in [-0.1, -0.05) is 36.4 Å². The van der Waals surface area contributed by atoms with E-state index < -0.39 is 17.9 Å². The minimum atomic E-state index is -1.23. The second-order valence-electron chi connectivity index (χ2n) is 5.59. The molecule has 0 aliphatic rings. The Balaban J connectivity index is 1.92. The number of esters is 1. The molecular weight excluding hydrogens is 364 g/mol. The highest BCUT2D eigenvalue weighted by Crippen LogP contribution is 2.29. The fourth-order valence-corrected chi connectivity index (χ4v) is 2.46. The van der Waals surface area contributed by atoms with E-state index in [1.54, 1.807) is 30.3 Å². The lowest BCUT2D eigenvalue weighted by Crippen LogP contribution is -2.12. The van der Waals surface area contributed by atoms with E-state index >= 15 is 0 Å². The topological polar surface area (TPSA) is 110 Å². The second kappa shape index (κ2) is 8.05. The van der Waals surface area contributed by atoms with E-state index in [0.29, 0.717) is 0 Å². The molecule has 0 fully saturated rings. The highest BCUT2D eigenvalue weighted by Gasteiger charge is 2.20. The Hall–Kier alpha value is -4.13. The van der Waals surface area contributed by atoms with Crippen LogP contribution in [0.2, 0.25) is 0 Å². The third-order valence-electron chi connectivity index (χ3n) is 3.76. The summed E-state index contributed by atoms with van der Waals surface area (Å²) in [7, 11) is 0. The summed E-state index contributed by atoms with van der Waals surface area (Å²) >= 11 is 0. The number of carbonyl (C=O) groups excluding carboxylic acids is 1. The van der Waals surface area contributed by atoms with Crippen LogP contribution in [0.5, 0.6) is 17.2 Å². The number of hydrogen-bond acceptors (Lipinski definition) is 5. The molecule has 0 spiro atoms. The zero-order valence-electron chi connectivity index (χ0n) is 14.4. The molecular formula is C21H14O7. The maximum absolute atomic E-state index is 12.6. The molecule has 7 nitrogen and oxygen atoms in total. The van der Waals surface area contributed by atoms with Gasteiger partial charge in [0, 0.05) is 0 Å². The van der Waals surface area contributed by atoms with Gasteiger partial charge in [0.1, 0.15) is 33.9 Å². The highest BCUT2D eigenvalue weighted by atomic mass is 16.5. The molecule has 0 aromatic heterocycles. The lowest BCUT2D eigenvalue weighted by Gasteiger charge is -2.13. The number of carbonyl (C=O) groups is 3. The van der Waals surface area contributed by atoms with Gasteiger partial charge >= 0.3 is 17.9 Å². The summed E-state index contributed by atoms with van der Waals surface area (Å²) in [5.41, 5.74) is -0.213. The summed E-state index contributed by atoms with van der Waals surface area (Å²) in [6.07, 6.45) is 0. The van der Waals surface area contributed by atoms with Crippen molar-refractivity contribution in [3.05, 3.63) is 89.5 Å². The molecule has 0 atom stereocenters. The van der Waals surface area contributed by atoms with Gasteiger partial charge < -0.3 is 19.7 Å². The predicted octanol–water partition coefficient (Wildman–Crippen LogP) is 4.09. The summed E-state index contributed by atoms with van der Waals surface area (Å²) in [5.74, 6) is -3.22. The molecule has 0 bridgehead atoms. The van der Waals surface area contributed by atoms with E-state index in [4.69, 9.17) is 9.47 Å². The van der Waals surface area contributed by atoms with Crippen molar-refractivity contribution in [1.29, 1.82) is 0 Å². The van der Waals surface area contributed by atoms with Crippen molar-refractivity contribution in [2.75, 3.05) is 0 Å². The van der Waals surface area contributed by atoms with Gasteiger partial charge in [-0.25, -0.2) is 14.4 Å². The van der Waals surface area contributed by atoms with Gasteiger partial charge in [-0.05, 0) is 36.4 Å². The van der Waals surface area contributed by atoms with Crippen molar-refractivity contribution in [3.63, 3.8) is 0 Å². The second-order valence-corrected chi connectivity index (χ2v) is 5.59. The van der Waals surface area contributed by atoms with E-state index in [1.165, 1.54) is 42.5 Å². The third kappa shape index (κ3) is 3.99. The Bertz CT molecular complexity index is 1060. The Labute approximate surface area is 159 Å². The van der Waals surface area contributed by atoms with Crippen LogP contribution >= 0.6 is 0 Å². The van der Waals surface area contributed by atoms with Gasteiger partial charge in [-0.3, -0.25) is 0 Å². The molecule has 0 unspecified atom stereocenters. The van der Waals surface area contributed by atoms with Crippen LogP contribution in [0.4, 0.5) is 0 Å². The zero-order chi connectivity index (χ0) is 20.1. The minimum Gasteiger partial charge on any atom is -0.478 e. The van der Waals surface area contributed by atoms with Crippen LogP contribution < -0.4 is 9.47 Å². The molecule has 7 heteroatoms. The molecule has 0 aliphatic carbocycles. The maximum Gasteiger partial charge on any atom is 0.347 e. The summed E-state index contributed by atoms with van der Waals surface area (Å²) in [5, 5.41) is 18.5. The van der Waals surface area contributed by atoms with E-state index in [-0.39, 0.29) is 33.9 Å². The SMILES string of the molecule is O=C(O)c1ccccc1OC(=O)c1ccccc1Oc1ccccc1C(=O)O. The van der Waals surface area contributed by atoms with Crippen LogP contribution in [-0.4, -0.2) is 28.1 Å². The number of ether oxygens (including phenoxy) is 2. The molecule has 2 N–H and O–H groups in total. The van der Waals surface area contributed by atoms with Crippen LogP contribution in [0.15, 0.2) is 72.8 Å². The highest BCUT2D eigenvalue weighted by molar-refractivity contribution is 5.97. The van der Waals surface area contributed by atoms with Crippen LogP contribution in [0, 0.1) is 0 Å². The summed E-state index contributed by atoms with van der Waals surface area (Å²) in [4.78, 5) is 35.2. The van der Waals surface area contributed by atoms with Crippen molar-refractivity contribution >= 4 is 17.9 Å². The lowest BCUT2D eigenvalue weighted by atomic mass is 10.1. The van der Waals surface area contributed by atoms with Gasteiger partial charge in [-0.15, -0.1) is 0 Å². The molecule has 0 aliphatic heterocycles. The lowest BCUT2D eigenvalue weighted by molar-refractivity contribution is 0.0673. The molecule has 0 saturated carbocycles. The number of para-hydroxylation sites is 3. The number of aromatic carboxylic acids is 2. The van der Waals surface area contributed by atoms with Crippen molar-refractivity contribution in [2.24, 2.45) is 0 Å². The summed E-state index contributed by atoms with van der Waals surface area (Å²) in [6.45, 7) is 0. The van der Waals surface area contributed by atoms with Crippen LogP contribution in [0.25, 0.3) is 0 Å². The number of hydrogen-bond donors (Lipinski definition) is 2. The molecule has 3 aromatic carbocycles. The average Bonchev–Trinajstić information content (AvgIpc) is 2.69. The van der Waals surface area contributed by atoms with Crippen LogP contribution in [0.1, 0.15) is 31.1 Å². The minimum absolute atomic E-state index is 0.0166. The molecule has 0 amide bonds. The first-order valence-electron chi connectivity index (χ1n) is 8.11. The molecule has 0 saturated heterocycles. The first-order chi connectivity index (χ1) is 13.5.